The maximum absolute atomic E-state index is 9.47. The second kappa shape index (κ2) is 33.2. The van der Waals surface area contributed by atoms with Gasteiger partial charge in [0.15, 0.2) is 0 Å². The van der Waals surface area contributed by atoms with Gasteiger partial charge in [0.25, 0.3) is 10.1 Å². The van der Waals surface area contributed by atoms with Crippen molar-refractivity contribution in [3.05, 3.63) is 0 Å². The van der Waals surface area contributed by atoms with E-state index < -0.39 is 10.1 Å². The summed E-state index contributed by atoms with van der Waals surface area (Å²) in [5, 5.41) is 8.86. The van der Waals surface area contributed by atoms with Crippen molar-refractivity contribution < 1.29 is 32.1 Å². The molecule has 0 fully saturated rings. The van der Waals surface area contributed by atoms with E-state index in [2.05, 4.69) is 173 Å². The summed E-state index contributed by atoms with van der Waals surface area (Å²) in [6.07, 6.45) is 3.83. The van der Waals surface area contributed by atoms with Gasteiger partial charge >= 0.3 is 0 Å². The summed E-state index contributed by atoms with van der Waals surface area (Å²) in [6, 6.07) is 0. The highest BCUT2D eigenvalue weighted by atomic mass is 32.2. The lowest BCUT2D eigenvalue weighted by molar-refractivity contribution is -0.634. The number of nitrogens with zero attached hydrogens (tertiary/aromatic N) is 5. The average Bonchev–Trinajstić information content (AvgIpc) is 3.00. The first kappa shape index (κ1) is 57.6. The molecule has 0 bridgehead atoms. The van der Waals surface area contributed by atoms with Gasteiger partial charge in [-0.1, -0.05) is 55.4 Å². The van der Waals surface area contributed by atoms with Gasteiger partial charge in [-0.15, -0.1) is 0 Å². The topological polar surface area (TPSA) is 101 Å². The lowest BCUT2D eigenvalue weighted by Gasteiger charge is -2.35. The number of hydrogen-bond acceptors (Lipinski definition) is 10. The Balaban J connectivity index is -0.000000169. The summed E-state index contributed by atoms with van der Waals surface area (Å²) in [4.78, 5) is 9.55. The Bertz CT molecular complexity index is 783. The Labute approximate surface area is 307 Å². The highest BCUT2D eigenvalue weighted by Gasteiger charge is 2.19. The van der Waals surface area contributed by atoms with Crippen LogP contribution in [-0.4, -0.2) is 140 Å². The van der Waals surface area contributed by atoms with Crippen LogP contribution in [0.2, 0.25) is 0 Å². The molecule has 0 aliphatic rings. The molecule has 11 nitrogen and oxygen atoms in total. The van der Waals surface area contributed by atoms with E-state index in [0.717, 1.165) is 65.4 Å². The molecule has 0 spiro atoms. The first-order valence-corrected chi connectivity index (χ1v) is 20.6. The standard InChI is InChI=1S/C10H24N2.2C10H23NO.C6H14N.CH4O4S/c1-6-11(7-2)10(5)12(8-3)9-4;2*1-7-11(8-2)9(3)12-10(4,5)6;1-4-7(5-2)6-3;1-6(3,4)5-2/h10H,6-9H2,1-5H3;2*9H,7-8H2,1-6H3;4H,5-6H2,1-3H3;2H,1H3/q;;;+1;/p-1. The van der Waals surface area contributed by atoms with Gasteiger partial charge in [-0.05, 0) is 129 Å². The fourth-order valence-corrected chi connectivity index (χ4v) is 4.97. The summed E-state index contributed by atoms with van der Waals surface area (Å²) >= 11 is 0. The number of hydrogen-bond donors (Lipinski definition) is 0. The van der Waals surface area contributed by atoms with Crippen LogP contribution in [0.4, 0.5) is 0 Å². The van der Waals surface area contributed by atoms with Crippen molar-refractivity contribution in [2.24, 2.45) is 0 Å². The lowest BCUT2D eigenvalue weighted by Crippen LogP contribution is -2.46. The molecule has 2 unspecified atom stereocenters. The molecule has 0 aliphatic carbocycles. The van der Waals surface area contributed by atoms with E-state index in [1.807, 2.05) is 0 Å². The number of ether oxygens (including phenoxy) is 2. The molecular weight excluding hydrogens is 643 g/mol. The average molecular weight is 730 g/mol. The predicted molar refractivity (Wildman–Crippen MR) is 211 cm³/mol. The Kier molecular flexibility index (Phi) is 39.0. The summed E-state index contributed by atoms with van der Waals surface area (Å²) < 4.78 is 35.5. The minimum Gasteiger partial charge on any atom is -0.707 e. The van der Waals surface area contributed by atoms with Gasteiger partial charge in [0.1, 0.15) is 31.8 Å². The van der Waals surface area contributed by atoms with Gasteiger partial charge in [-0.25, -0.2) is 13.0 Å². The van der Waals surface area contributed by atoms with Crippen molar-refractivity contribution in [3.8, 4) is 0 Å². The van der Waals surface area contributed by atoms with Crippen LogP contribution in [0.3, 0.4) is 0 Å². The van der Waals surface area contributed by atoms with Gasteiger partial charge in [-0.3, -0.25) is 19.6 Å². The van der Waals surface area contributed by atoms with Gasteiger partial charge < -0.3 is 19.1 Å². The van der Waals surface area contributed by atoms with Gasteiger partial charge in [0.05, 0.1) is 23.6 Å². The summed E-state index contributed by atoms with van der Waals surface area (Å²) in [6.45, 7) is 54.0. The first-order valence-electron chi connectivity index (χ1n) is 18.8. The van der Waals surface area contributed by atoms with Gasteiger partial charge in [0, 0.05) is 6.92 Å². The van der Waals surface area contributed by atoms with E-state index in [4.69, 9.17) is 14.7 Å². The quantitative estimate of drug-likeness (QED) is 0.0553. The second-order valence-electron chi connectivity index (χ2n) is 13.4. The molecule has 0 saturated heterocycles. The molecule has 49 heavy (non-hydrogen) atoms. The zero-order valence-corrected chi connectivity index (χ0v) is 37.3. The first-order chi connectivity index (χ1) is 22.4. The van der Waals surface area contributed by atoms with Crippen LogP contribution in [0.1, 0.15) is 138 Å². The van der Waals surface area contributed by atoms with Crippen LogP contribution in [0.15, 0.2) is 0 Å². The van der Waals surface area contributed by atoms with Crippen LogP contribution in [0.25, 0.3) is 0 Å². The molecule has 0 N–H and O–H groups in total. The SMILES string of the molecule is CC=[N+](CC)CC.CCN(CC)C(C)N(CC)CC.CCN(CC)C(C)OC(C)(C)C.CCN(CC)C(C)OC(C)(C)C.CS(=O)(=O)O[O-]. The third kappa shape index (κ3) is 38.4. The van der Waals surface area contributed by atoms with Crippen LogP contribution in [0.5, 0.6) is 0 Å². The highest BCUT2D eigenvalue weighted by molar-refractivity contribution is 7.85. The van der Waals surface area contributed by atoms with E-state index >= 15 is 0 Å². The van der Waals surface area contributed by atoms with E-state index in [9.17, 15) is 8.42 Å². The maximum Gasteiger partial charge on any atom is 0.255 e. The van der Waals surface area contributed by atoms with Crippen molar-refractivity contribution in [2.75, 3.05) is 71.7 Å². The normalized spacial score (nSPS) is 13.0. The smallest absolute Gasteiger partial charge is 0.255 e. The Morgan fingerprint density at radius 1 is 0.592 bits per heavy atom. The lowest BCUT2D eigenvalue weighted by atomic mass is 10.2. The molecular formula is C37H87N5O6S. The maximum atomic E-state index is 9.47. The van der Waals surface area contributed by atoms with Crippen molar-refractivity contribution in [1.82, 2.24) is 19.6 Å². The highest BCUT2D eigenvalue weighted by Crippen LogP contribution is 2.14. The van der Waals surface area contributed by atoms with Gasteiger partial charge in [0.2, 0.25) is 0 Å². The van der Waals surface area contributed by atoms with Crippen LogP contribution >= 0.6 is 0 Å². The summed E-state index contributed by atoms with van der Waals surface area (Å²) in [5.41, 5.74) is -0.0794. The van der Waals surface area contributed by atoms with Gasteiger partial charge in [-0.2, -0.15) is 0 Å². The Hall–Kier alpha value is -0.700. The third-order valence-corrected chi connectivity index (χ3v) is 7.93. The Morgan fingerprint density at radius 3 is 0.918 bits per heavy atom. The molecule has 0 rings (SSSR count). The fraction of sp³-hybridized carbons (Fsp3) is 0.973. The molecule has 0 saturated carbocycles. The van der Waals surface area contributed by atoms with Crippen molar-refractivity contribution in [1.29, 1.82) is 0 Å². The molecule has 0 amide bonds. The molecule has 302 valence electrons. The Morgan fingerprint density at radius 2 is 0.816 bits per heavy atom. The molecule has 0 heterocycles. The zero-order valence-electron chi connectivity index (χ0n) is 36.5. The van der Waals surface area contributed by atoms with E-state index in [1.54, 1.807) is 0 Å². The molecule has 0 aromatic heterocycles. The number of rotatable bonds is 17. The molecule has 0 radical (unpaired) electrons. The second-order valence-corrected chi connectivity index (χ2v) is 15.0. The van der Waals surface area contributed by atoms with Crippen molar-refractivity contribution in [3.63, 3.8) is 0 Å². The fourth-order valence-electron chi connectivity index (χ4n) is 4.97. The van der Waals surface area contributed by atoms with Crippen molar-refractivity contribution >= 4 is 16.3 Å². The zero-order chi connectivity index (χ0) is 40.0. The van der Waals surface area contributed by atoms with Crippen LogP contribution < -0.4 is 5.26 Å². The van der Waals surface area contributed by atoms with E-state index in [-0.39, 0.29) is 23.7 Å². The molecule has 0 aromatic carbocycles. The largest absolute Gasteiger partial charge is 0.707 e. The predicted octanol–water partition coefficient (Wildman–Crippen LogP) is 6.36. The van der Waals surface area contributed by atoms with E-state index in [1.165, 1.54) is 0 Å². The molecule has 0 aliphatic heterocycles. The minimum atomic E-state index is -3.72. The monoisotopic (exact) mass is 730 g/mol. The summed E-state index contributed by atoms with van der Waals surface area (Å²) in [7, 11) is -3.72. The molecule has 0 aromatic rings. The molecule has 2 atom stereocenters. The van der Waals surface area contributed by atoms with Crippen LogP contribution in [-0.2, 0) is 23.9 Å². The third-order valence-electron chi connectivity index (χ3n) is 7.68. The summed E-state index contributed by atoms with van der Waals surface area (Å²) in [5.74, 6) is 0. The van der Waals surface area contributed by atoms with Crippen LogP contribution in [0, 0.1) is 0 Å². The van der Waals surface area contributed by atoms with E-state index in [0.29, 0.717) is 12.4 Å². The van der Waals surface area contributed by atoms with Crippen molar-refractivity contribution in [2.45, 2.75) is 168 Å². The minimum absolute atomic E-state index is 0.0397. The molecule has 12 heteroatoms.